The Hall–Kier alpha value is -2.78. The van der Waals surface area contributed by atoms with E-state index in [2.05, 4.69) is 15.6 Å². The number of fused-ring (bicyclic) bond motifs is 1. The normalized spacial score (nSPS) is 22.1. The number of hydrazone groups is 1. The highest BCUT2D eigenvalue weighted by Gasteiger charge is 2.49. The van der Waals surface area contributed by atoms with Crippen molar-refractivity contribution in [2.75, 3.05) is 0 Å². The van der Waals surface area contributed by atoms with E-state index in [1.165, 1.54) is 12.1 Å². The third-order valence-corrected chi connectivity index (χ3v) is 4.50. The monoisotopic (exact) mass is 370 g/mol. The summed E-state index contributed by atoms with van der Waals surface area (Å²) in [4.78, 5) is 11.5. The molecule has 26 heavy (non-hydrogen) atoms. The van der Waals surface area contributed by atoms with Crippen LogP contribution < -0.4 is 5.43 Å². The van der Waals surface area contributed by atoms with Gasteiger partial charge in [-0.1, -0.05) is 12.1 Å². The highest BCUT2D eigenvalue weighted by molar-refractivity contribution is 6.09. The lowest BCUT2D eigenvalue weighted by Crippen LogP contribution is -2.29. The van der Waals surface area contributed by atoms with E-state index in [1.807, 2.05) is 0 Å². The molecule has 1 aromatic carbocycles. The second-order valence-electron chi connectivity index (χ2n) is 6.17. The molecule has 0 saturated heterocycles. The van der Waals surface area contributed by atoms with E-state index in [0.717, 1.165) is 18.5 Å². The van der Waals surface area contributed by atoms with Gasteiger partial charge in [-0.3, -0.25) is 4.79 Å². The number of nitrogens with zero attached hydrogens (tertiary/aromatic N) is 3. The number of halogens is 5. The quantitative estimate of drug-likeness (QED) is 0.842. The van der Waals surface area contributed by atoms with Crippen LogP contribution in [0.3, 0.4) is 0 Å². The van der Waals surface area contributed by atoms with Gasteiger partial charge in [-0.15, -0.1) is 0 Å². The molecule has 1 aromatic heterocycles. The van der Waals surface area contributed by atoms with E-state index in [9.17, 15) is 26.7 Å². The molecular formula is C16H11F5N4O. The van der Waals surface area contributed by atoms with Gasteiger partial charge >= 0.3 is 12.7 Å². The van der Waals surface area contributed by atoms with Gasteiger partial charge in [0.05, 0.1) is 17.5 Å². The Balaban J connectivity index is 1.77. The van der Waals surface area contributed by atoms with Crippen molar-refractivity contribution >= 4 is 11.6 Å². The molecule has 2 unspecified atom stereocenters. The molecule has 1 N–H and O–H groups in total. The summed E-state index contributed by atoms with van der Waals surface area (Å²) in [6.45, 7) is -2.94. The number of rotatable bonds is 3. The van der Waals surface area contributed by atoms with E-state index < -0.39 is 18.3 Å². The molecular weight excluding hydrogens is 359 g/mol. The van der Waals surface area contributed by atoms with Crippen LogP contribution in [0.15, 0.2) is 35.7 Å². The van der Waals surface area contributed by atoms with Gasteiger partial charge in [0, 0.05) is 23.6 Å². The summed E-state index contributed by atoms with van der Waals surface area (Å²) in [5.74, 6) is -0.663. The van der Waals surface area contributed by atoms with Crippen LogP contribution in [0.1, 0.15) is 24.1 Å². The molecule has 136 valence electrons. The van der Waals surface area contributed by atoms with Gasteiger partial charge in [0.2, 0.25) is 5.91 Å². The van der Waals surface area contributed by atoms with Gasteiger partial charge in [-0.2, -0.15) is 32.2 Å². The highest BCUT2D eigenvalue weighted by atomic mass is 19.4. The summed E-state index contributed by atoms with van der Waals surface area (Å²) in [6.07, 6.45) is -2.31. The van der Waals surface area contributed by atoms with Crippen LogP contribution >= 0.6 is 0 Å². The largest absolute Gasteiger partial charge is 0.417 e. The first-order valence-electron chi connectivity index (χ1n) is 7.67. The minimum Gasteiger partial charge on any atom is -0.273 e. The van der Waals surface area contributed by atoms with Crippen LogP contribution in [-0.4, -0.2) is 21.4 Å². The van der Waals surface area contributed by atoms with Crippen LogP contribution in [0.2, 0.25) is 0 Å². The molecule has 2 atom stereocenters. The molecule has 1 aliphatic heterocycles. The lowest BCUT2D eigenvalue weighted by molar-refractivity contribution is -0.137. The Bertz CT molecular complexity index is 918. The minimum atomic E-state index is -4.69. The summed E-state index contributed by atoms with van der Waals surface area (Å²) in [7, 11) is 0. The maximum atomic E-state index is 13.5. The maximum Gasteiger partial charge on any atom is 0.417 e. The van der Waals surface area contributed by atoms with Gasteiger partial charge in [0.15, 0.2) is 0 Å². The third-order valence-electron chi connectivity index (χ3n) is 4.50. The fraction of sp³-hybridized carbons (Fsp3) is 0.312. The zero-order valence-corrected chi connectivity index (χ0v) is 13.0. The van der Waals surface area contributed by atoms with Crippen molar-refractivity contribution in [3.05, 3.63) is 41.7 Å². The smallest absolute Gasteiger partial charge is 0.273 e. The zero-order valence-electron chi connectivity index (χ0n) is 13.0. The number of nitrogens with one attached hydrogen (secondary N) is 1. The fourth-order valence-corrected chi connectivity index (χ4v) is 3.12. The van der Waals surface area contributed by atoms with E-state index in [-0.39, 0.29) is 34.4 Å². The first kappa shape index (κ1) is 16.7. The number of alkyl halides is 5. The Kier molecular flexibility index (Phi) is 3.60. The predicted octanol–water partition coefficient (Wildman–Crippen LogP) is 3.43. The standard InChI is InChI=1S/C16H11F5N4O/c17-15(18)25-6-8(5-22-25)9-2-1-7(3-12(9)16(19,20)21)13-10-4-11(10)14(26)24-23-13/h1-3,5-6,10-11,15H,4H2,(H,24,26). The third kappa shape index (κ3) is 2.74. The number of carbonyl (C=O) groups is 1. The molecule has 1 saturated carbocycles. The number of benzene rings is 1. The number of aromatic nitrogens is 2. The molecule has 2 aromatic rings. The van der Waals surface area contributed by atoms with Crippen molar-refractivity contribution in [2.45, 2.75) is 19.1 Å². The minimum absolute atomic E-state index is 0.0626. The van der Waals surface area contributed by atoms with Gasteiger partial charge in [0.25, 0.3) is 0 Å². The fourth-order valence-electron chi connectivity index (χ4n) is 3.12. The molecule has 5 nitrogen and oxygen atoms in total. The average Bonchev–Trinajstić information content (AvgIpc) is 3.23. The van der Waals surface area contributed by atoms with Crippen LogP contribution in [-0.2, 0) is 11.0 Å². The van der Waals surface area contributed by atoms with E-state index >= 15 is 0 Å². The van der Waals surface area contributed by atoms with Gasteiger partial charge < -0.3 is 0 Å². The molecule has 0 spiro atoms. The molecule has 1 fully saturated rings. The van der Waals surface area contributed by atoms with Crippen molar-refractivity contribution in [1.82, 2.24) is 15.2 Å². The molecule has 2 heterocycles. The summed E-state index contributed by atoms with van der Waals surface area (Å²) in [5, 5.41) is 7.27. The van der Waals surface area contributed by atoms with Crippen LogP contribution in [0.25, 0.3) is 11.1 Å². The Morgan fingerprint density at radius 3 is 2.62 bits per heavy atom. The second-order valence-corrected chi connectivity index (χ2v) is 6.17. The predicted molar refractivity (Wildman–Crippen MR) is 80.2 cm³/mol. The first-order valence-corrected chi connectivity index (χ1v) is 7.67. The summed E-state index contributed by atoms with van der Waals surface area (Å²) in [5.41, 5.74) is 1.67. The summed E-state index contributed by atoms with van der Waals surface area (Å²) in [6, 6.07) is 3.58. The van der Waals surface area contributed by atoms with E-state index in [0.29, 0.717) is 16.8 Å². The van der Waals surface area contributed by atoms with Crippen LogP contribution in [0, 0.1) is 11.8 Å². The Morgan fingerprint density at radius 1 is 1.19 bits per heavy atom. The summed E-state index contributed by atoms with van der Waals surface area (Å²) >= 11 is 0. The molecule has 0 radical (unpaired) electrons. The lowest BCUT2D eigenvalue weighted by Gasteiger charge is -2.16. The number of hydrogen-bond donors (Lipinski definition) is 1. The van der Waals surface area contributed by atoms with E-state index in [1.54, 1.807) is 0 Å². The molecule has 0 bridgehead atoms. The first-order chi connectivity index (χ1) is 12.3. The number of carbonyl (C=O) groups excluding carboxylic acids is 1. The number of amides is 1. The number of hydrogen-bond acceptors (Lipinski definition) is 3. The topological polar surface area (TPSA) is 59.3 Å². The van der Waals surface area contributed by atoms with Crippen molar-refractivity contribution in [3.8, 4) is 11.1 Å². The van der Waals surface area contributed by atoms with Crippen molar-refractivity contribution < 1.29 is 26.7 Å². The molecule has 1 amide bonds. The van der Waals surface area contributed by atoms with Crippen molar-refractivity contribution in [3.63, 3.8) is 0 Å². The highest BCUT2D eigenvalue weighted by Crippen LogP contribution is 2.45. The SMILES string of the molecule is O=C1NN=C(c2ccc(-c3cnn(C(F)F)c3)c(C(F)(F)F)c2)C2CC12. The molecule has 1 aliphatic carbocycles. The summed E-state index contributed by atoms with van der Waals surface area (Å²) < 4.78 is 66.2. The van der Waals surface area contributed by atoms with Gasteiger partial charge in [-0.05, 0) is 23.6 Å². The zero-order chi connectivity index (χ0) is 18.6. The second kappa shape index (κ2) is 5.61. The van der Waals surface area contributed by atoms with Gasteiger partial charge in [0.1, 0.15) is 0 Å². The van der Waals surface area contributed by atoms with Crippen LogP contribution in [0.5, 0.6) is 0 Å². The van der Waals surface area contributed by atoms with Crippen molar-refractivity contribution in [1.29, 1.82) is 0 Å². The van der Waals surface area contributed by atoms with E-state index in [4.69, 9.17) is 0 Å². The average molecular weight is 370 g/mol. The van der Waals surface area contributed by atoms with Gasteiger partial charge in [-0.25, -0.2) is 10.1 Å². The molecule has 2 aliphatic rings. The maximum absolute atomic E-state index is 13.5. The van der Waals surface area contributed by atoms with Crippen LogP contribution in [0.4, 0.5) is 22.0 Å². The Labute approximate surface area is 143 Å². The molecule has 10 heteroatoms. The lowest BCUT2D eigenvalue weighted by atomic mass is 9.95. The van der Waals surface area contributed by atoms with Crippen molar-refractivity contribution in [2.24, 2.45) is 16.9 Å². The Morgan fingerprint density at radius 2 is 1.96 bits per heavy atom. The molecule has 4 rings (SSSR count).